The lowest BCUT2D eigenvalue weighted by molar-refractivity contribution is -0.123. The Bertz CT molecular complexity index is 546. The minimum atomic E-state index is -0.0815. The van der Waals surface area contributed by atoms with E-state index in [-0.39, 0.29) is 18.6 Å². The van der Waals surface area contributed by atoms with Gasteiger partial charge in [-0.2, -0.15) is 5.26 Å². The maximum absolute atomic E-state index is 11.9. The Morgan fingerprint density at radius 3 is 2.76 bits per heavy atom. The summed E-state index contributed by atoms with van der Waals surface area (Å²) in [6, 6.07) is 9.83. The second kappa shape index (κ2) is 6.15. The number of hydrogen-bond donors (Lipinski definition) is 1. The van der Waals surface area contributed by atoms with Gasteiger partial charge in [-0.1, -0.05) is 0 Å². The van der Waals surface area contributed by atoms with Crippen molar-refractivity contribution in [2.45, 2.75) is 31.3 Å². The highest BCUT2D eigenvalue weighted by Crippen LogP contribution is 2.29. The fourth-order valence-corrected chi connectivity index (χ4v) is 2.72. The summed E-state index contributed by atoms with van der Waals surface area (Å²) in [5.74, 6) is 0.525. The summed E-state index contributed by atoms with van der Waals surface area (Å²) < 4.78 is 5.43. The molecular formula is C16H19N3O2. The topological polar surface area (TPSA) is 65.4 Å². The van der Waals surface area contributed by atoms with E-state index >= 15 is 0 Å². The highest BCUT2D eigenvalue weighted by Gasteiger charge is 2.34. The third-order valence-electron chi connectivity index (χ3n) is 4.00. The van der Waals surface area contributed by atoms with Crippen molar-refractivity contribution in [3.8, 4) is 11.8 Å². The molecule has 21 heavy (non-hydrogen) atoms. The summed E-state index contributed by atoms with van der Waals surface area (Å²) in [6.45, 7) is 2.07. The molecule has 1 N–H and O–H groups in total. The second-order valence-electron chi connectivity index (χ2n) is 5.70. The van der Waals surface area contributed by atoms with Gasteiger partial charge >= 0.3 is 0 Å². The zero-order valence-electron chi connectivity index (χ0n) is 11.9. The second-order valence-corrected chi connectivity index (χ2v) is 5.70. The minimum absolute atomic E-state index is 0.0197. The van der Waals surface area contributed by atoms with Crippen molar-refractivity contribution in [3.63, 3.8) is 0 Å². The lowest BCUT2D eigenvalue weighted by atomic mass is 10.2. The van der Waals surface area contributed by atoms with E-state index in [1.54, 1.807) is 24.3 Å². The molecule has 0 bridgehead atoms. The van der Waals surface area contributed by atoms with Crippen LogP contribution in [-0.4, -0.2) is 42.6 Å². The third kappa shape index (κ3) is 3.73. The van der Waals surface area contributed by atoms with E-state index in [4.69, 9.17) is 10.00 Å². The van der Waals surface area contributed by atoms with Crippen LogP contribution < -0.4 is 10.1 Å². The van der Waals surface area contributed by atoms with Gasteiger partial charge in [0.2, 0.25) is 0 Å². The predicted octanol–water partition coefficient (Wildman–Crippen LogP) is 1.29. The van der Waals surface area contributed by atoms with Crippen LogP contribution in [0.4, 0.5) is 0 Å². The number of ether oxygens (including phenoxy) is 1. The highest BCUT2D eigenvalue weighted by molar-refractivity contribution is 5.77. The van der Waals surface area contributed by atoms with Crippen molar-refractivity contribution in [3.05, 3.63) is 29.8 Å². The Morgan fingerprint density at radius 2 is 2.10 bits per heavy atom. The number of nitrogens with zero attached hydrogens (tertiary/aromatic N) is 2. The molecule has 110 valence electrons. The van der Waals surface area contributed by atoms with Gasteiger partial charge in [0.05, 0.1) is 11.6 Å². The number of amides is 1. The van der Waals surface area contributed by atoms with Gasteiger partial charge < -0.3 is 10.1 Å². The van der Waals surface area contributed by atoms with Crippen LogP contribution >= 0.6 is 0 Å². The molecule has 1 aliphatic heterocycles. The van der Waals surface area contributed by atoms with Gasteiger partial charge in [-0.25, -0.2) is 0 Å². The van der Waals surface area contributed by atoms with Gasteiger partial charge in [-0.15, -0.1) is 0 Å². The van der Waals surface area contributed by atoms with E-state index in [2.05, 4.69) is 10.2 Å². The average molecular weight is 285 g/mol. The Morgan fingerprint density at radius 1 is 1.33 bits per heavy atom. The van der Waals surface area contributed by atoms with E-state index in [1.165, 1.54) is 12.8 Å². The number of nitrogens with one attached hydrogen (secondary N) is 1. The minimum Gasteiger partial charge on any atom is -0.484 e. The number of likely N-dealkylation sites (tertiary alicyclic amines) is 1. The summed E-state index contributed by atoms with van der Waals surface area (Å²) in [7, 11) is 0. The molecule has 2 aliphatic rings. The van der Waals surface area contributed by atoms with E-state index in [9.17, 15) is 4.79 Å². The van der Waals surface area contributed by atoms with Crippen LogP contribution in [0.15, 0.2) is 24.3 Å². The van der Waals surface area contributed by atoms with Gasteiger partial charge in [0.1, 0.15) is 5.75 Å². The predicted molar refractivity (Wildman–Crippen MR) is 77.8 cm³/mol. The van der Waals surface area contributed by atoms with Gasteiger partial charge in [0, 0.05) is 25.2 Å². The monoisotopic (exact) mass is 285 g/mol. The number of nitriles is 1. The molecule has 5 heteroatoms. The van der Waals surface area contributed by atoms with E-state index < -0.39 is 0 Å². The van der Waals surface area contributed by atoms with Crippen molar-refractivity contribution >= 4 is 5.91 Å². The average Bonchev–Trinajstić information content (AvgIpc) is 3.26. The maximum Gasteiger partial charge on any atom is 0.258 e. The standard InChI is InChI=1S/C16H19N3O2/c17-9-12-1-5-15(6-2-12)21-11-16(20)18-13-7-8-19(10-13)14-3-4-14/h1-2,5-6,13-14H,3-4,7-8,10-11H2,(H,18,20). The molecule has 1 aromatic carbocycles. The van der Waals surface area contributed by atoms with Gasteiger partial charge in [-0.3, -0.25) is 9.69 Å². The first-order valence-electron chi connectivity index (χ1n) is 7.41. The van der Waals surface area contributed by atoms with Gasteiger partial charge in [-0.05, 0) is 43.5 Å². The smallest absolute Gasteiger partial charge is 0.258 e. The normalized spacial score (nSPS) is 21.8. The van der Waals surface area contributed by atoms with Gasteiger partial charge in [0.15, 0.2) is 6.61 Å². The number of carbonyl (C=O) groups is 1. The fraction of sp³-hybridized carbons (Fsp3) is 0.500. The molecule has 0 spiro atoms. The van der Waals surface area contributed by atoms with Crippen LogP contribution in [0, 0.1) is 11.3 Å². The molecule has 2 fully saturated rings. The molecule has 1 amide bonds. The Hall–Kier alpha value is -2.06. The van der Waals surface area contributed by atoms with Crippen molar-refractivity contribution in [2.75, 3.05) is 19.7 Å². The number of carbonyl (C=O) groups excluding carboxylic acids is 1. The van der Waals surface area contributed by atoms with Crippen LogP contribution in [-0.2, 0) is 4.79 Å². The maximum atomic E-state index is 11.9. The Balaban J connectivity index is 1.40. The van der Waals surface area contributed by atoms with Crippen molar-refractivity contribution in [1.29, 1.82) is 5.26 Å². The zero-order chi connectivity index (χ0) is 14.7. The van der Waals surface area contributed by atoms with Crippen molar-refractivity contribution in [2.24, 2.45) is 0 Å². The van der Waals surface area contributed by atoms with Gasteiger partial charge in [0.25, 0.3) is 5.91 Å². The molecule has 5 nitrogen and oxygen atoms in total. The largest absolute Gasteiger partial charge is 0.484 e. The Labute approximate surface area is 124 Å². The fourth-order valence-electron chi connectivity index (χ4n) is 2.72. The van der Waals surface area contributed by atoms with Crippen LogP contribution in [0.3, 0.4) is 0 Å². The van der Waals surface area contributed by atoms with E-state index in [0.717, 1.165) is 25.6 Å². The number of rotatable bonds is 5. The Kier molecular flexibility index (Phi) is 4.07. The molecule has 0 radical (unpaired) electrons. The number of hydrogen-bond acceptors (Lipinski definition) is 4. The summed E-state index contributed by atoms with van der Waals surface area (Å²) in [4.78, 5) is 14.3. The van der Waals surface area contributed by atoms with E-state index in [0.29, 0.717) is 11.3 Å². The van der Waals surface area contributed by atoms with Crippen LogP contribution in [0.2, 0.25) is 0 Å². The molecule has 1 atom stereocenters. The highest BCUT2D eigenvalue weighted by atomic mass is 16.5. The van der Waals surface area contributed by atoms with Crippen molar-refractivity contribution < 1.29 is 9.53 Å². The summed E-state index contributed by atoms with van der Waals surface area (Å²) in [5, 5.41) is 11.7. The number of benzene rings is 1. The molecule has 1 heterocycles. The SMILES string of the molecule is N#Cc1ccc(OCC(=O)NC2CCN(C3CC3)C2)cc1. The molecule has 3 rings (SSSR count). The first-order chi connectivity index (χ1) is 10.2. The summed E-state index contributed by atoms with van der Waals surface area (Å²) >= 11 is 0. The first kappa shape index (κ1) is 13.9. The van der Waals surface area contributed by atoms with Crippen molar-refractivity contribution in [1.82, 2.24) is 10.2 Å². The molecule has 1 unspecified atom stereocenters. The lowest BCUT2D eigenvalue weighted by Crippen LogP contribution is -2.39. The molecule has 1 saturated heterocycles. The molecular weight excluding hydrogens is 266 g/mol. The summed E-state index contributed by atoms with van der Waals surface area (Å²) in [6.07, 6.45) is 3.64. The van der Waals surface area contributed by atoms with Crippen LogP contribution in [0.25, 0.3) is 0 Å². The van der Waals surface area contributed by atoms with Crippen LogP contribution in [0.5, 0.6) is 5.75 Å². The molecule has 1 aromatic rings. The van der Waals surface area contributed by atoms with Crippen LogP contribution in [0.1, 0.15) is 24.8 Å². The molecule has 0 aromatic heterocycles. The molecule has 1 aliphatic carbocycles. The third-order valence-corrected chi connectivity index (χ3v) is 4.00. The van der Waals surface area contributed by atoms with E-state index in [1.807, 2.05) is 6.07 Å². The quantitative estimate of drug-likeness (QED) is 0.885. The molecule has 1 saturated carbocycles. The lowest BCUT2D eigenvalue weighted by Gasteiger charge is -2.16. The summed E-state index contributed by atoms with van der Waals surface area (Å²) in [5.41, 5.74) is 0.581. The first-order valence-corrected chi connectivity index (χ1v) is 7.41. The zero-order valence-corrected chi connectivity index (χ0v) is 11.9.